The van der Waals surface area contributed by atoms with Crippen LogP contribution in [-0.4, -0.2) is 16.2 Å². The van der Waals surface area contributed by atoms with Gasteiger partial charge in [0, 0.05) is 12.4 Å². The SMILES string of the molecule is Cl.c1ccc(COc2ccccc2OCCn2ccnc2)cc1. The van der Waals surface area contributed by atoms with E-state index in [1.165, 1.54) is 0 Å². The number of ether oxygens (including phenoxy) is 2. The number of para-hydroxylation sites is 2. The van der Waals surface area contributed by atoms with Crippen LogP contribution in [0.1, 0.15) is 5.56 Å². The van der Waals surface area contributed by atoms with Crippen molar-refractivity contribution in [3.8, 4) is 11.5 Å². The van der Waals surface area contributed by atoms with Gasteiger partial charge in [-0.3, -0.25) is 0 Å². The van der Waals surface area contributed by atoms with Crippen molar-refractivity contribution in [1.29, 1.82) is 0 Å². The third-order valence-corrected chi connectivity index (χ3v) is 3.25. The first-order valence-electron chi connectivity index (χ1n) is 7.26. The van der Waals surface area contributed by atoms with Gasteiger partial charge < -0.3 is 14.0 Å². The highest BCUT2D eigenvalue weighted by Crippen LogP contribution is 2.27. The van der Waals surface area contributed by atoms with Crippen molar-refractivity contribution in [1.82, 2.24) is 9.55 Å². The number of nitrogens with zero attached hydrogens (tertiary/aromatic N) is 2. The van der Waals surface area contributed by atoms with E-state index in [2.05, 4.69) is 4.98 Å². The quantitative estimate of drug-likeness (QED) is 0.658. The molecular formula is C18H19ClN2O2. The van der Waals surface area contributed by atoms with Crippen LogP contribution in [0.4, 0.5) is 0 Å². The van der Waals surface area contributed by atoms with Gasteiger partial charge in [-0.15, -0.1) is 12.4 Å². The van der Waals surface area contributed by atoms with Gasteiger partial charge in [0.15, 0.2) is 11.5 Å². The first-order chi connectivity index (χ1) is 10.9. The molecule has 0 N–H and O–H groups in total. The molecule has 5 heteroatoms. The van der Waals surface area contributed by atoms with Crippen LogP contribution >= 0.6 is 12.4 Å². The smallest absolute Gasteiger partial charge is 0.161 e. The second kappa shape index (κ2) is 8.86. The standard InChI is InChI=1S/C18H18N2O2.ClH/c1-2-6-16(7-3-1)14-22-18-9-5-4-8-17(18)21-13-12-20-11-10-19-15-20;/h1-11,15H,12-14H2;1H. The summed E-state index contributed by atoms with van der Waals surface area (Å²) in [6, 6.07) is 17.8. The maximum atomic E-state index is 5.87. The predicted molar refractivity (Wildman–Crippen MR) is 92.2 cm³/mol. The van der Waals surface area contributed by atoms with Gasteiger partial charge in [-0.05, 0) is 17.7 Å². The molecule has 1 heterocycles. The molecule has 0 fully saturated rings. The average Bonchev–Trinajstić information content (AvgIpc) is 3.08. The average molecular weight is 331 g/mol. The second-order valence-corrected chi connectivity index (χ2v) is 4.87. The van der Waals surface area contributed by atoms with Gasteiger partial charge in [-0.25, -0.2) is 4.98 Å². The Labute approximate surface area is 142 Å². The van der Waals surface area contributed by atoms with Gasteiger partial charge in [0.2, 0.25) is 0 Å². The highest BCUT2D eigenvalue weighted by molar-refractivity contribution is 5.85. The van der Waals surface area contributed by atoms with Crippen LogP contribution in [0.2, 0.25) is 0 Å². The number of halogens is 1. The van der Waals surface area contributed by atoms with E-state index in [1.54, 1.807) is 12.5 Å². The van der Waals surface area contributed by atoms with Crippen molar-refractivity contribution < 1.29 is 9.47 Å². The Bertz CT molecular complexity index is 687. The van der Waals surface area contributed by atoms with E-state index in [4.69, 9.17) is 9.47 Å². The predicted octanol–water partition coefficient (Wildman–Crippen LogP) is 3.96. The first kappa shape index (κ1) is 16.9. The fourth-order valence-corrected chi connectivity index (χ4v) is 2.10. The Morgan fingerprint density at radius 2 is 1.57 bits per heavy atom. The number of imidazole rings is 1. The van der Waals surface area contributed by atoms with Crippen LogP contribution in [-0.2, 0) is 13.2 Å². The summed E-state index contributed by atoms with van der Waals surface area (Å²) in [7, 11) is 0. The van der Waals surface area contributed by atoms with Gasteiger partial charge >= 0.3 is 0 Å². The summed E-state index contributed by atoms with van der Waals surface area (Å²) >= 11 is 0. The van der Waals surface area contributed by atoms with E-state index in [1.807, 2.05) is 65.4 Å². The van der Waals surface area contributed by atoms with Crippen molar-refractivity contribution in [3.05, 3.63) is 78.9 Å². The lowest BCUT2D eigenvalue weighted by molar-refractivity contribution is 0.254. The largest absolute Gasteiger partial charge is 0.488 e. The van der Waals surface area contributed by atoms with Crippen molar-refractivity contribution in [2.45, 2.75) is 13.2 Å². The zero-order valence-electron chi connectivity index (χ0n) is 12.7. The summed E-state index contributed by atoms with van der Waals surface area (Å²) in [5.74, 6) is 1.52. The molecule has 2 aromatic carbocycles. The van der Waals surface area contributed by atoms with Gasteiger partial charge in [-0.2, -0.15) is 0 Å². The fraction of sp³-hybridized carbons (Fsp3) is 0.167. The molecule has 120 valence electrons. The first-order valence-corrected chi connectivity index (χ1v) is 7.26. The molecule has 3 rings (SSSR count). The normalized spacial score (nSPS) is 9.91. The highest BCUT2D eigenvalue weighted by atomic mass is 35.5. The van der Waals surface area contributed by atoms with Gasteiger partial charge in [0.25, 0.3) is 0 Å². The Kier molecular flexibility index (Phi) is 6.51. The minimum absolute atomic E-state index is 0. The third kappa shape index (κ3) is 5.04. The molecule has 23 heavy (non-hydrogen) atoms. The van der Waals surface area contributed by atoms with Gasteiger partial charge in [0.05, 0.1) is 12.9 Å². The molecule has 0 spiro atoms. The molecule has 0 radical (unpaired) electrons. The van der Waals surface area contributed by atoms with Crippen molar-refractivity contribution in [3.63, 3.8) is 0 Å². The Balaban J connectivity index is 0.00000192. The number of hydrogen-bond acceptors (Lipinski definition) is 3. The van der Waals surface area contributed by atoms with Crippen LogP contribution in [0.3, 0.4) is 0 Å². The Morgan fingerprint density at radius 3 is 2.26 bits per heavy atom. The lowest BCUT2D eigenvalue weighted by Crippen LogP contribution is -2.07. The van der Waals surface area contributed by atoms with Crippen molar-refractivity contribution in [2.75, 3.05) is 6.61 Å². The molecule has 1 aromatic heterocycles. The number of aromatic nitrogens is 2. The summed E-state index contributed by atoms with van der Waals surface area (Å²) < 4.78 is 13.7. The van der Waals surface area contributed by atoms with Gasteiger partial charge in [0.1, 0.15) is 13.2 Å². The van der Waals surface area contributed by atoms with Crippen LogP contribution < -0.4 is 9.47 Å². The lowest BCUT2D eigenvalue weighted by atomic mass is 10.2. The van der Waals surface area contributed by atoms with Crippen LogP contribution in [0.15, 0.2) is 73.3 Å². The zero-order chi connectivity index (χ0) is 15.0. The molecule has 0 amide bonds. The van der Waals surface area contributed by atoms with E-state index in [9.17, 15) is 0 Å². The van der Waals surface area contributed by atoms with E-state index in [0.717, 1.165) is 23.6 Å². The van der Waals surface area contributed by atoms with Gasteiger partial charge in [-0.1, -0.05) is 42.5 Å². The monoisotopic (exact) mass is 330 g/mol. The maximum absolute atomic E-state index is 5.87. The number of hydrogen-bond donors (Lipinski definition) is 0. The topological polar surface area (TPSA) is 36.3 Å². The molecule has 0 bridgehead atoms. The minimum Gasteiger partial charge on any atom is -0.488 e. The summed E-state index contributed by atoms with van der Waals surface area (Å²) in [5, 5.41) is 0. The Hall–Kier alpha value is -2.46. The van der Waals surface area contributed by atoms with Crippen LogP contribution in [0.5, 0.6) is 11.5 Å². The lowest BCUT2D eigenvalue weighted by Gasteiger charge is -2.13. The van der Waals surface area contributed by atoms with Crippen LogP contribution in [0.25, 0.3) is 0 Å². The molecule has 0 aliphatic carbocycles. The van der Waals surface area contributed by atoms with Crippen molar-refractivity contribution in [2.24, 2.45) is 0 Å². The minimum atomic E-state index is 0. The number of rotatable bonds is 7. The van der Waals surface area contributed by atoms with Crippen molar-refractivity contribution >= 4 is 12.4 Å². The summed E-state index contributed by atoms with van der Waals surface area (Å²) in [4.78, 5) is 4.01. The molecule has 0 saturated heterocycles. The molecular weight excluding hydrogens is 312 g/mol. The van der Waals surface area contributed by atoms with E-state index >= 15 is 0 Å². The maximum Gasteiger partial charge on any atom is 0.161 e. The van der Waals surface area contributed by atoms with E-state index in [0.29, 0.717) is 13.2 Å². The third-order valence-electron chi connectivity index (χ3n) is 3.25. The van der Waals surface area contributed by atoms with E-state index < -0.39 is 0 Å². The summed E-state index contributed by atoms with van der Waals surface area (Å²) in [5.41, 5.74) is 1.13. The molecule has 0 saturated carbocycles. The molecule has 0 atom stereocenters. The van der Waals surface area contributed by atoms with Crippen LogP contribution in [0, 0.1) is 0 Å². The fourth-order valence-electron chi connectivity index (χ4n) is 2.10. The molecule has 0 unspecified atom stereocenters. The summed E-state index contributed by atoms with van der Waals surface area (Å²) in [6.07, 6.45) is 5.46. The second-order valence-electron chi connectivity index (χ2n) is 4.87. The highest BCUT2D eigenvalue weighted by Gasteiger charge is 2.04. The molecule has 4 nitrogen and oxygen atoms in total. The summed E-state index contributed by atoms with van der Waals surface area (Å²) in [6.45, 7) is 1.86. The van der Waals surface area contributed by atoms with E-state index in [-0.39, 0.29) is 12.4 Å². The Morgan fingerprint density at radius 1 is 0.870 bits per heavy atom. The number of benzene rings is 2. The molecule has 3 aromatic rings. The molecule has 0 aliphatic rings. The molecule has 0 aliphatic heterocycles. The zero-order valence-corrected chi connectivity index (χ0v) is 13.5.